The van der Waals surface area contributed by atoms with Gasteiger partial charge in [-0.3, -0.25) is 5.32 Å². The van der Waals surface area contributed by atoms with Gasteiger partial charge in [0, 0.05) is 32.3 Å². The molecule has 1 saturated heterocycles. The van der Waals surface area contributed by atoms with Crippen molar-refractivity contribution in [2.75, 3.05) is 25.5 Å². The fourth-order valence-electron chi connectivity index (χ4n) is 2.28. The molecule has 6 heteroatoms. The largest absolute Gasteiger partial charge is 0.444 e. The molecule has 0 unspecified atom stereocenters. The van der Waals surface area contributed by atoms with E-state index in [-0.39, 0.29) is 11.4 Å². The number of nitrogens with one attached hydrogen (secondary N) is 2. The summed E-state index contributed by atoms with van der Waals surface area (Å²) in [5.41, 5.74) is 0.0118. The average Bonchev–Trinajstić information content (AvgIpc) is 2.33. The summed E-state index contributed by atoms with van der Waals surface area (Å²) in [6, 6.07) is 4.63. The molecule has 1 aliphatic heterocycles. The molecule has 1 amide bonds. The molecule has 1 heterocycles. The maximum atomic E-state index is 14.2. The summed E-state index contributed by atoms with van der Waals surface area (Å²) in [5.74, 6) is -0.364. The van der Waals surface area contributed by atoms with Crippen LogP contribution in [0.5, 0.6) is 0 Å². The maximum absolute atomic E-state index is 14.2. The van der Waals surface area contributed by atoms with E-state index in [1.54, 1.807) is 40.0 Å². The lowest BCUT2D eigenvalue weighted by Gasteiger charge is -2.41. The molecule has 0 spiro atoms. The summed E-state index contributed by atoms with van der Waals surface area (Å²) in [5, 5.41) is 5.66. The molecule has 5 nitrogen and oxygen atoms in total. The molecule has 0 bridgehead atoms. The molecule has 1 aromatic rings. The van der Waals surface area contributed by atoms with Crippen LogP contribution in [-0.2, 0) is 15.9 Å². The van der Waals surface area contributed by atoms with Gasteiger partial charge < -0.3 is 14.8 Å². The minimum absolute atomic E-state index is 0.332. The molecule has 2 N–H and O–H groups in total. The maximum Gasteiger partial charge on any atom is 0.412 e. The van der Waals surface area contributed by atoms with Gasteiger partial charge in [0.15, 0.2) is 0 Å². The van der Waals surface area contributed by atoms with Crippen LogP contribution in [0, 0.1) is 5.82 Å². The van der Waals surface area contributed by atoms with E-state index < -0.39 is 11.7 Å². The second-order valence-corrected chi connectivity index (χ2v) is 6.60. The smallest absolute Gasteiger partial charge is 0.412 e. The zero-order chi connectivity index (χ0) is 16.4. The number of carbonyl (C=O) groups excluding carboxylic acids is 1. The van der Waals surface area contributed by atoms with Gasteiger partial charge in [-0.05, 0) is 38.5 Å². The Hall–Kier alpha value is -1.66. The van der Waals surface area contributed by atoms with Crippen LogP contribution in [0.4, 0.5) is 14.9 Å². The van der Waals surface area contributed by atoms with Gasteiger partial charge in [0.1, 0.15) is 11.4 Å². The van der Waals surface area contributed by atoms with Gasteiger partial charge in [-0.15, -0.1) is 0 Å². The SMILES string of the molecule is COC1(Cc2ccc(NC(=O)OC(C)(C)C)cc2F)CNC1. The van der Waals surface area contributed by atoms with E-state index in [2.05, 4.69) is 10.6 Å². The lowest BCUT2D eigenvalue weighted by atomic mass is 9.88. The Labute approximate surface area is 130 Å². The number of amides is 1. The minimum atomic E-state index is -0.601. The third kappa shape index (κ3) is 4.18. The van der Waals surface area contributed by atoms with E-state index in [0.29, 0.717) is 30.8 Å². The molecule has 0 saturated carbocycles. The van der Waals surface area contributed by atoms with Crippen LogP contribution >= 0.6 is 0 Å². The highest BCUT2D eigenvalue weighted by Crippen LogP contribution is 2.25. The first kappa shape index (κ1) is 16.7. The molecule has 0 aromatic heterocycles. The normalized spacial score (nSPS) is 16.8. The summed E-state index contributed by atoms with van der Waals surface area (Å²) >= 11 is 0. The molecule has 0 atom stereocenters. The van der Waals surface area contributed by atoms with Crippen LogP contribution in [0.1, 0.15) is 26.3 Å². The Bertz CT molecular complexity index is 545. The number of benzene rings is 1. The first-order chi connectivity index (χ1) is 10.2. The summed E-state index contributed by atoms with van der Waals surface area (Å²) in [7, 11) is 1.64. The number of anilines is 1. The van der Waals surface area contributed by atoms with Crippen molar-refractivity contribution < 1.29 is 18.7 Å². The van der Waals surface area contributed by atoms with Crippen molar-refractivity contribution in [1.29, 1.82) is 0 Å². The molecule has 122 valence electrons. The molecular weight excluding hydrogens is 287 g/mol. The second kappa shape index (κ2) is 6.22. The fourth-order valence-corrected chi connectivity index (χ4v) is 2.28. The zero-order valence-electron chi connectivity index (χ0n) is 13.5. The molecule has 1 aromatic carbocycles. The van der Waals surface area contributed by atoms with Gasteiger partial charge in [0.25, 0.3) is 0 Å². The van der Waals surface area contributed by atoms with Crippen molar-refractivity contribution in [3.8, 4) is 0 Å². The summed E-state index contributed by atoms with van der Waals surface area (Å²) in [6.07, 6.45) is -0.106. The number of ether oxygens (including phenoxy) is 2. The third-order valence-corrected chi connectivity index (χ3v) is 3.54. The first-order valence-corrected chi connectivity index (χ1v) is 7.27. The lowest BCUT2D eigenvalue weighted by Crippen LogP contribution is -2.62. The van der Waals surface area contributed by atoms with Gasteiger partial charge in [-0.25, -0.2) is 9.18 Å². The van der Waals surface area contributed by atoms with Gasteiger partial charge >= 0.3 is 6.09 Å². The molecule has 0 radical (unpaired) electrons. The monoisotopic (exact) mass is 310 g/mol. The first-order valence-electron chi connectivity index (χ1n) is 7.27. The average molecular weight is 310 g/mol. The Morgan fingerprint density at radius 2 is 2.09 bits per heavy atom. The highest BCUT2D eigenvalue weighted by atomic mass is 19.1. The van der Waals surface area contributed by atoms with Crippen molar-refractivity contribution in [3.63, 3.8) is 0 Å². The molecular formula is C16H23FN2O3. The van der Waals surface area contributed by atoms with Crippen LogP contribution in [0.3, 0.4) is 0 Å². The number of rotatable bonds is 4. The zero-order valence-corrected chi connectivity index (χ0v) is 13.5. The van der Waals surface area contributed by atoms with Gasteiger partial charge in [0.2, 0.25) is 0 Å². The van der Waals surface area contributed by atoms with E-state index in [1.807, 2.05) is 0 Å². The van der Waals surface area contributed by atoms with Crippen LogP contribution in [0.25, 0.3) is 0 Å². The molecule has 1 aliphatic rings. The predicted molar refractivity (Wildman–Crippen MR) is 82.6 cm³/mol. The number of hydrogen-bond donors (Lipinski definition) is 2. The number of halogens is 1. The Morgan fingerprint density at radius 1 is 1.41 bits per heavy atom. The van der Waals surface area contributed by atoms with Crippen molar-refractivity contribution >= 4 is 11.8 Å². The van der Waals surface area contributed by atoms with Crippen LogP contribution in [0.15, 0.2) is 18.2 Å². The quantitative estimate of drug-likeness (QED) is 0.898. The standard InChI is InChI=1S/C16H23FN2O3/c1-15(2,3)22-14(20)19-12-6-5-11(13(17)7-12)8-16(21-4)9-18-10-16/h5-7,18H,8-10H2,1-4H3,(H,19,20). The van der Waals surface area contributed by atoms with Crippen molar-refractivity contribution in [3.05, 3.63) is 29.6 Å². The molecule has 22 heavy (non-hydrogen) atoms. The number of carbonyl (C=O) groups is 1. The number of methoxy groups -OCH3 is 1. The topological polar surface area (TPSA) is 59.6 Å². The van der Waals surface area contributed by atoms with E-state index >= 15 is 0 Å². The third-order valence-electron chi connectivity index (χ3n) is 3.54. The minimum Gasteiger partial charge on any atom is -0.444 e. The molecule has 2 rings (SSSR count). The summed E-state index contributed by atoms with van der Waals surface area (Å²) in [6.45, 7) is 6.73. The van der Waals surface area contributed by atoms with E-state index in [1.165, 1.54) is 6.07 Å². The van der Waals surface area contributed by atoms with Gasteiger partial charge in [0.05, 0.1) is 5.60 Å². The fraction of sp³-hybridized carbons (Fsp3) is 0.562. The lowest BCUT2D eigenvalue weighted by molar-refractivity contribution is -0.0507. The molecule has 0 aliphatic carbocycles. The van der Waals surface area contributed by atoms with E-state index in [0.717, 1.165) is 0 Å². The highest BCUT2D eigenvalue weighted by Gasteiger charge is 2.37. The van der Waals surface area contributed by atoms with Gasteiger partial charge in [-0.2, -0.15) is 0 Å². The van der Waals surface area contributed by atoms with Crippen molar-refractivity contribution in [2.45, 2.75) is 38.4 Å². The summed E-state index contributed by atoms with van der Waals surface area (Å²) in [4.78, 5) is 11.7. The van der Waals surface area contributed by atoms with Crippen LogP contribution in [0.2, 0.25) is 0 Å². The Kier molecular flexibility index (Phi) is 4.72. The number of hydrogen-bond acceptors (Lipinski definition) is 4. The highest BCUT2D eigenvalue weighted by molar-refractivity contribution is 5.84. The van der Waals surface area contributed by atoms with Crippen LogP contribution in [-0.4, -0.2) is 37.5 Å². The Morgan fingerprint density at radius 3 is 2.55 bits per heavy atom. The Balaban J connectivity index is 2.02. The second-order valence-electron chi connectivity index (χ2n) is 6.60. The summed E-state index contributed by atoms with van der Waals surface area (Å²) < 4.78 is 24.8. The van der Waals surface area contributed by atoms with Gasteiger partial charge in [-0.1, -0.05) is 6.07 Å². The van der Waals surface area contributed by atoms with Crippen molar-refractivity contribution in [2.24, 2.45) is 0 Å². The van der Waals surface area contributed by atoms with E-state index in [4.69, 9.17) is 9.47 Å². The van der Waals surface area contributed by atoms with Crippen molar-refractivity contribution in [1.82, 2.24) is 5.32 Å². The molecule has 1 fully saturated rings. The van der Waals surface area contributed by atoms with Crippen LogP contribution < -0.4 is 10.6 Å². The predicted octanol–water partition coefficient (Wildman–Crippen LogP) is 2.70. The van der Waals surface area contributed by atoms with E-state index in [9.17, 15) is 9.18 Å².